The van der Waals surface area contributed by atoms with E-state index in [0.29, 0.717) is 16.5 Å². The fourth-order valence-corrected chi connectivity index (χ4v) is 2.59. The van der Waals surface area contributed by atoms with Crippen LogP contribution in [0.1, 0.15) is 16.7 Å². The number of ether oxygens (including phenoxy) is 2. The predicted molar refractivity (Wildman–Crippen MR) is 91.2 cm³/mol. The van der Waals surface area contributed by atoms with Crippen LogP contribution >= 0.6 is 11.6 Å². The molecule has 2 aromatic carbocycles. The molecule has 5 heteroatoms. The molecule has 4 nitrogen and oxygen atoms in total. The Morgan fingerprint density at radius 1 is 1.26 bits per heavy atom. The van der Waals surface area contributed by atoms with Crippen LogP contribution < -0.4 is 14.8 Å². The maximum absolute atomic E-state index is 12.1. The van der Waals surface area contributed by atoms with Crippen LogP contribution in [0.5, 0.6) is 11.5 Å². The van der Waals surface area contributed by atoms with Crippen LogP contribution in [0.25, 0.3) is 6.08 Å². The van der Waals surface area contributed by atoms with Gasteiger partial charge in [-0.15, -0.1) is 0 Å². The van der Waals surface area contributed by atoms with Crippen LogP contribution in [0.2, 0.25) is 5.02 Å². The zero-order valence-electron chi connectivity index (χ0n) is 12.9. The van der Waals surface area contributed by atoms with Gasteiger partial charge in [-0.2, -0.15) is 0 Å². The molecule has 1 aliphatic rings. The minimum Gasteiger partial charge on any atom is -0.454 e. The quantitative estimate of drug-likeness (QED) is 0.852. The molecule has 1 amide bonds. The minimum atomic E-state index is -0.201. The molecule has 3 rings (SSSR count). The highest BCUT2D eigenvalue weighted by molar-refractivity contribution is 6.32. The van der Waals surface area contributed by atoms with Crippen molar-refractivity contribution in [2.75, 3.05) is 12.1 Å². The maximum Gasteiger partial charge on any atom is 0.248 e. The van der Waals surface area contributed by atoms with Gasteiger partial charge in [-0.05, 0) is 54.8 Å². The fourth-order valence-electron chi connectivity index (χ4n) is 2.32. The molecule has 2 aromatic rings. The Morgan fingerprint density at radius 3 is 2.91 bits per heavy atom. The summed E-state index contributed by atoms with van der Waals surface area (Å²) in [6, 6.07) is 9.33. The summed E-state index contributed by atoms with van der Waals surface area (Å²) in [6.45, 7) is 4.15. The first kappa shape index (κ1) is 15.4. The Hall–Kier alpha value is -2.46. The van der Waals surface area contributed by atoms with Gasteiger partial charge in [0.1, 0.15) is 0 Å². The summed E-state index contributed by atoms with van der Waals surface area (Å²) in [4.78, 5) is 12.1. The van der Waals surface area contributed by atoms with Crippen molar-refractivity contribution in [1.29, 1.82) is 0 Å². The summed E-state index contributed by atoms with van der Waals surface area (Å²) in [5, 5.41) is 3.34. The Labute approximate surface area is 139 Å². The normalized spacial score (nSPS) is 12.7. The number of anilines is 1. The van der Waals surface area contributed by atoms with E-state index in [1.165, 1.54) is 6.08 Å². The fraction of sp³-hybridized carbons (Fsp3) is 0.167. The Morgan fingerprint density at radius 2 is 2.09 bits per heavy atom. The molecule has 0 aliphatic carbocycles. The molecular weight excluding hydrogens is 314 g/mol. The van der Waals surface area contributed by atoms with Gasteiger partial charge < -0.3 is 14.8 Å². The molecule has 0 aromatic heterocycles. The number of fused-ring (bicyclic) bond motifs is 1. The number of carbonyl (C=O) groups is 1. The van der Waals surface area contributed by atoms with Crippen molar-refractivity contribution < 1.29 is 14.3 Å². The van der Waals surface area contributed by atoms with Gasteiger partial charge in [0.05, 0.1) is 5.02 Å². The third kappa shape index (κ3) is 3.32. The van der Waals surface area contributed by atoms with E-state index in [1.807, 2.05) is 32.0 Å². The molecule has 23 heavy (non-hydrogen) atoms. The molecule has 0 saturated heterocycles. The lowest BCUT2D eigenvalue weighted by molar-refractivity contribution is -0.111. The van der Waals surface area contributed by atoms with Crippen molar-refractivity contribution >= 4 is 29.3 Å². The van der Waals surface area contributed by atoms with Crippen LogP contribution in [0.4, 0.5) is 5.69 Å². The highest BCUT2D eigenvalue weighted by atomic mass is 35.5. The first-order valence-electron chi connectivity index (χ1n) is 7.19. The first-order valence-corrected chi connectivity index (χ1v) is 7.57. The number of benzene rings is 2. The lowest BCUT2D eigenvalue weighted by atomic mass is 10.1. The standard InChI is InChI=1S/C18H16ClNO3/c1-11-4-3-5-15(12(11)2)20-17(21)7-6-13-8-14(19)18-16(9-13)22-10-23-18/h3-9H,10H2,1-2H3,(H,20,21)/b7-6+. The largest absolute Gasteiger partial charge is 0.454 e. The van der Waals surface area contributed by atoms with Gasteiger partial charge in [-0.1, -0.05) is 23.7 Å². The zero-order valence-corrected chi connectivity index (χ0v) is 13.6. The van der Waals surface area contributed by atoms with Crippen molar-refractivity contribution in [3.63, 3.8) is 0 Å². The highest BCUT2D eigenvalue weighted by Crippen LogP contribution is 2.40. The topological polar surface area (TPSA) is 47.6 Å². The SMILES string of the molecule is Cc1cccc(NC(=O)/C=C/c2cc(Cl)c3c(c2)OCO3)c1C. The third-order valence-electron chi connectivity index (χ3n) is 3.74. The number of aryl methyl sites for hydroxylation is 1. The lowest BCUT2D eigenvalue weighted by Gasteiger charge is -2.08. The van der Waals surface area contributed by atoms with Gasteiger partial charge in [-0.3, -0.25) is 4.79 Å². The van der Waals surface area contributed by atoms with E-state index in [0.717, 1.165) is 22.4 Å². The number of rotatable bonds is 3. The van der Waals surface area contributed by atoms with Gasteiger partial charge in [0.25, 0.3) is 0 Å². The average Bonchev–Trinajstić information content (AvgIpc) is 2.99. The van der Waals surface area contributed by atoms with Gasteiger partial charge in [0, 0.05) is 11.8 Å². The second kappa shape index (κ2) is 6.34. The third-order valence-corrected chi connectivity index (χ3v) is 4.02. The Bertz CT molecular complexity index is 799. The highest BCUT2D eigenvalue weighted by Gasteiger charge is 2.17. The number of nitrogens with one attached hydrogen (secondary N) is 1. The van der Waals surface area contributed by atoms with Crippen LogP contribution in [0, 0.1) is 13.8 Å². The second-order valence-corrected chi connectivity index (χ2v) is 5.71. The number of halogens is 1. The van der Waals surface area contributed by atoms with E-state index < -0.39 is 0 Å². The van der Waals surface area contributed by atoms with Gasteiger partial charge in [0.2, 0.25) is 12.7 Å². The molecule has 0 radical (unpaired) electrons. The van der Waals surface area contributed by atoms with Crippen LogP contribution in [-0.4, -0.2) is 12.7 Å². The summed E-state index contributed by atoms with van der Waals surface area (Å²) in [5.74, 6) is 0.934. The number of amides is 1. The number of carbonyl (C=O) groups excluding carboxylic acids is 1. The van der Waals surface area contributed by atoms with E-state index in [9.17, 15) is 4.79 Å². The maximum atomic E-state index is 12.1. The van der Waals surface area contributed by atoms with E-state index in [4.69, 9.17) is 21.1 Å². The number of hydrogen-bond acceptors (Lipinski definition) is 3. The van der Waals surface area contributed by atoms with Gasteiger partial charge in [0.15, 0.2) is 11.5 Å². The smallest absolute Gasteiger partial charge is 0.248 e. The lowest BCUT2D eigenvalue weighted by Crippen LogP contribution is -2.09. The van der Waals surface area contributed by atoms with Crippen LogP contribution in [-0.2, 0) is 4.79 Å². The molecule has 0 fully saturated rings. The molecule has 1 heterocycles. The minimum absolute atomic E-state index is 0.162. The molecule has 0 spiro atoms. The van der Waals surface area contributed by atoms with E-state index in [2.05, 4.69) is 5.32 Å². The summed E-state index contributed by atoms with van der Waals surface area (Å²) in [7, 11) is 0. The second-order valence-electron chi connectivity index (χ2n) is 5.31. The Kier molecular flexibility index (Phi) is 4.26. The Balaban J connectivity index is 1.74. The van der Waals surface area contributed by atoms with Gasteiger partial charge >= 0.3 is 0 Å². The van der Waals surface area contributed by atoms with Crippen LogP contribution in [0.15, 0.2) is 36.4 Å². The molecule has 0 atom stereocenters. The van der Waals surface area contributed by atoms with Crippen molar-refractivity contribution in [2.45, 2.75) is 13.8 Å². The predicted octanol–water partition coefficient (Wildman–Crippen LogP) is 4.34. The summed E-state index contributed by atoms with van der Waals surface area (Å²) in [5.41, 5.74) is 3.77. The molecule has 1 N–H and O–H groups in total. The number of hydrogen-bond donors (Lipinski definition) is 1. The molecule has 0 unspecified atom stereocenters. The van der Waals surface area contributed by atoms with Crippen molar-refractivity contribution in [1.82, 2.24) is 0 Å². The summed E-state index contributed by atoms with van der Waals surface area (Å²) < 4.78 is 10.6. The summed E-state index contributed by atoms with van der Waals surface area (Å²) in [6.07, 6.45) is 3.16. The first-order chi connectivity index (χ1) is 11.0. The molecule has 118 valence electrons. The molecule has 1 aliphatic heterocycles. The van der Waals surface area contributed by atoms with E-state index >= 15 is 0 Å². The molecule has 0 bridgehead atoms. The zero-order chi connectivity index (χ0) is 16.4. The molecule has 0 saturated carbocycles. The van der Waals surface area contributed by atoms with Crippen LogP contribution in [0.3, 0.4) is 0 Å². The van der Waals surface area contributed by atoms with E-state index in [-0.39, 0.29) is 12.7 Å². The average molecular weight is 330 g/mol. The monoisotopic (exact) mass is 329 g/mol. The van der Waals surface area contributed by atoms with Crippen molar-refractivity contribution in [2.24, 2.45) is 0 Å². The van der Waals surface area contributed by atoms with Crippen molar-refractivity contribution in [3.8, 4) is 11.5 Å². The van der Waals surface area contributed by atoms with E-state index in [1.54, 1.807) is 18.2 Å². The summed E-state index contributed by atoms with van der Waals surface area (Å²) >= 11 is 6.12. The molecular formula is C18H16ClNO3. The van der Waals surface area contributed by atoms with Gasteiger partial charge in [-0.25, -0.2) is 0 Å². The van der Waals surface area contributed by atoms with Crippen molar-refractivity contribution in [3.05, 3.63) is 58.1 Å².